The first-order valence-electron chi connectivity index (χ1n) is 5.52. The van der Waals surface area contributed by atoms with Crippen LogP contribution < -0.4 is 4.74 Å². The summed E-state index contributed by atoms with van der Waals surface area (Å²) >= 11 is 6.08. The lowest BCUT2D eigenvalue weighted by molar-refractivity contribution is 0.0834. The Balaban J connectivity index is 2.48. The molecule has 0 aliphatic carbocycles. The summed E-state index contributed by atoms with van der Waals surface area (Å²) in [6.07, 6.45) is 3.10. The molecular formula is C13H17ClO. The standard InChI is InChI=1S/C13H17ClO/c1-4-9-7-11(14)8-10-5-6-13(2,3)15-12(9)10/h7-8H,4-6H2,1-3H3. The van der Waals surface area contributed by atoms with Crippen LogP contribution in [0.15, 0.2) is 12.1 Å². The molecule has 2 heteroatoms. The fraction of sp³-hybridized carbons (Fsp3) is 0.538. The molecule has 0 amide bonds. The van der Waals surface area contributed by atoms with E-state index < -0.39 is 0 Å². The van der Waals surface area contributed by atoms with Crippen molar-refractivity contribution in [3.8, 4) is 5.75 Å². The Morgan fingerprint density at radius 2 is 2.13 bits per heavy atom. The van der Waals surface area contributed by atoms with Crippen molar-refractivity contribution in [3.63, 3.8) is 0 Å². The quantitative estimate of drug-likeness (QED) is 0.701. The molecule has 0 unspecified atom stereocenters. The Labute approximate surface area is 96.4 Å². The third kappa shape index (κ3) is 2.12. The molecule has 1 aromatic carbocycles. The van der Waals surface area contributed by atoms with Crippen molar-refractivity contribution in [2.45, 2.75) is 45.6 Å². The van der Waals surface area contributed by atoms with Crippen molar-refractivity contribution >= 4 is 11.6 Å². The number of benzene rings is 1. The van der Waals surface area contributed by atoms with E-state index in [0.717, 1.165) is 30.0 Å². The van der Waals surface area contributed by atoms with Crippen molar-refractivity contribution in [2.24, 2.45) is 0 Å². The molecule has 0 fully saturated rings. The van der Waals surface area contributed by atoms with Crippen molar-refractivity contribution in [1.82, 2.24) is 0 Å². The molecule has 2 rings (SSSR count). The lowest BCUT2D eigenvalue weighted by atomic mass is 9.92. The van der Waals surface area contributed by atoms with Crippen LogP contribution in [0, 0.1) is 0 Å². The number of ether oxygens (including phenoxy) is 1. The third-order valence-corrected chi connectivity index (χ3v) is 3.18. The van der Waals surface area contributed by atoms with Crippen LogP contribution in [0.1, 0.15) is 38.3 Å². The van der Waals surface area contributed by atoms with E-state index in [1.165, 1.54) is 11.1 Å². The summed E-state index contributed by atoms with van der Waals surface area (Å²) in [5.74, 6) is 1.07. The van der Waals surface area contributed by atoms with E-state index in [9.17, 15) is 0 Å². The fourth-order valence-corrected chi connectivity index (χ4v) is 2.32. The second-order valence-electron chi connectivity index (χ2n) is 4.77. The minimum atomic E-state index is -0.0370. The van der Waals surface area contributed by atoms with E-state index >= 15 is 0 Å². The molecule has 0 saturated heterocycles. The molecule has 1 heterocycles. The van der Waals surface area contributed by atoms with Gasteiger partial charge in [0.2, 0.25) is 0 Å². The van der Waals surface area contributed by atoms with Crippen LogP contribution in [0.2, 0.25) is 5.02 Å². The van der Waals surface area contributed by atoms with Gasteiger partial charge in [-0.2, -0.15) is 0 Å². The first-order valence-corrected chi connectivity index (χ1v) is 5.90. The number of halogens is 1. The minimum Gasteiger partial charge on any atom is -0.487 e. The Bertz CT molecular complexity index is 365. The van der Waals surface area contributed by atoms with Gasteiger partial charge in [0, 0.05) is 5.02 Å². The largest absolute Gasteiger partial charge is 0.487 e. The summed E-state index contributed by atoms with van der Waals surface area (Å²) in [6.45, 7) is 6.42. The maximum Gasteiger partial charge on any atom is 0.126 e. The predicted molar refractivity (Wildman–Crippen MR) is 63.9 cm³/mol. The van der Waals surface area contributed by atoms with Gasteiger partial charge in [-0.3, -0.25) is 0 Å². The Morgan fingerprint density at radius 3 is 2.80 bits per heavy atom. The molecule has 1 aliphatic heterocycles. The van der Waals surface area contributed by atoms with Gasteiger partial charge < -0.3 is 4.74 Å². The molecule has 1 aliphatic rings. The summed E-state index contributed by atoms with van der Waals surface area (Å²) in [7, 11) is 0. The van der Waals surface area contributed by atoms with Gasteiger partial charge >= 0.3 is 0 Å². The van der Waals surface area contributed by atoms with Gasteiger partial charge in [-0.1, -0.05) is 18.5 Å². The average Bonchev–Trinajstić information content (AvgIpc) is 2.17. The van der Waals surface area contributed by atoms with Crippen LogP contribution in [-0.4, -0.2) is 5.60 Å². The molecule has 0 N–H and O–H groups in total. The number of hydrogen-bond donors (Lipinski definition) is 0. The Hall–Kier alpha value is -0.690. The first kappa shape index (κ1) is 10.8. The lowest BCUT2D eigenvalue weighted by Crippen LogP contribution is -2.33. The number of fused-ring (bicyclic) bond motifs is 1. The van der Waals surface area contributed by atoms with Crippen molar-refractivity contribution < 1.29 is 4.74 Å². The maximum absolute atomic E-state index is 6.08. The highest BCUT2D eigenvalue weighted by atomic mass is 35.5. The predicted octanol–water partition coefficient (Wildman–Crippen LogP) is 4.01. The zero-order valence-corrected chi connectivity index (χ0v) is 10.3. The number of hydrogen-bond acceptors (Lipinski definition) is 1. The summed E-state index contributed by atoms with van der Waals surface area (Å²) in [4.78, 5) is 0. The average molecular weight is 225 g/mol. The molecule has 1 aromatic rings. The third-order valence-electron chi connectivity index (χ3n) is 2.96. The molecule has 82 valence electrons. The number of rotatable bonds is 1. The van der Waals surface area contributed by atoms with Crippen molar-refractivity contribution in [3.05, 3.63) is 28.3 Å². The molecule has 1 nitrogen and oxygen atoms in total. The second kappa shape index (κ2) is 3.71. The first-order chi connectivity index (χ1) is 7.02. The van der Waals surface area contributed by atoms with Crippen LogP contribution in [0.25, 0.3) is 0 Å². The zero-order valence-electron chi connectivity index (χ0n) is 9.56. The molecular weight excluding hydrogens is 208 g/mol. The fourth-order valence-electron chi connectivity index (χ4n) is 2.05. The van der Waals surface area contributed by atoms with E-state index in [1.54, 1.807) is 0 Å². The SMILES string of the molecule is CCc1cc(Cl)cc2c1OC(C)(C)CC2. The smallest absolute Gasteiger partial charge is 0.126 e. The van der Waals surface area contributed by atoms with E-state index in [0.29, 0.717) is 0 Å². The second-order valence-corrected chi connectivity index (χ2v) is 5.20. The highest BCUT2D eigenvalue weighted by molar-refractivity contribution is 6.30. The highest BCUT2D eigenvalue weighted by Gasteiger charge is 2.28. The summed E-state index contributed by atoms with van der Waals surface area (Å²) in [6, 6.07) is 4.05. The van der Waals surface area contributed by atoms with Gasteiger partial charge in [-0.05, 0) is 56.4 Å². The summed E-state index contributed by atoms with van der Waals surface area (Å²) < 4.78 is 6.04. The molecule has 0 radical (unpaired) electrons. The van der Waals surface area contributed by atoms with Gasteiger partial charge in [-0.25, -0.2) is 0 Å². The normalized spacial score (nSPS) is 18.1. The highest BCUT2D eigenvalue weighted by Crippen LogP contribution is 2.37. The molecule has 0 saturated carbocycles. The molecule has 0 aromatic heterocycles. The van der Waals surface area contributed by atoms with Crippen molar-refractivity contribution in [1.29, 1.82) is 0 Å². The van der Waals surface area contributed by atoms with E-state index in [2.05, 4.69) is 20.8 Å². The lowest BCUT2D eigenvalue weighted by Gasteiger charge is -2.34. The zero-order chi connectivity index (χ0) is 11.1. The Morgan fingerprint density at radius 1 is 1.40 bits per heavy atom. The molecule has 0 spiro atoms. The molecule has 15 heavy (non-hydrogen) atoms. The van der Waals surface area contributed by atoms with Crippen LogP contribution in [0.4, 0.5) is 0 Å². The van der Waals surface area contributed by atoms with Crippen LogP contribution in [0.5, 0.6) is 5.75 Å². The van der Waals surface area contributed by atoms with Crippen LogP contribution >= 0.6 is 11.6 Å². The van der Waals surface area contributed by atoms with E-state index in [1.807, 2.05) is 12.1 Å². The van der Waals surface area contributed by atoms with Gasteiger partial charge in [-0.15, -0.1) is 0 Å². The minimum absolute atomic E-state index is 0.0370. The van der Waals surface area contributed by atoms with Gasteiger partial charge in [0.1, 0.15) is 11.4 Å². The topological polar surface area (TPSA) is 9.23 Å². The molecule has 0 bridgehead atoms. The Kier molecular flexibility index (Phi) is 2.68. The number of aryl methyl sites for hydroxylation is 2. The summed E-state index contributed by atoms with van der Waals surface area (Å²) in [5.41, 5.74) is 2.45. The van der Waals surface area contributed by atoms with Crippen LogP contribution in [0.3, 0.4) is 0 Å². The summed E-state index contributed by atoms with van der Waals surface area (Å²) in [5, 5.41) is 0.828. The van der Waals surface area contributed by atoms with Gasteiger partial charge in [0.25, 0.3) is 0 Å². The van der Waals surface area contributed by atoms with Crippen LogP contribution in [-0.2, 0) is 12.8 Å². The maximum atomic E-state index is 6.08. The van der Waals surface area contributed by atoms with E-state index in [4.69, 9.17) is 16.3 Å². The molecule has 0 atom stereocenters. The van der Waals surface area contributed by atoms with Crippen molar-refractivity contribution in [2.75, 3.05) is 0 Å². The van der Waals surface area contributed by atoms with Gasteiger partial charge in [0.05, 0.1) is 0 Å². The van der Waals surface area contributed by atoms with Gasteiger partial charge in [0.15, 0.2) is 0 Å². The van der Waals surface area contributed by atoms with E-state index in [-0.39, 0.29) is 5.60 Å². The monoisotopic (exact) mass is 224 g/mol.